The van der Waals surface area contributed by atoms with E-state index in [1.165, 1.54) is 6.26 Å². The van der Waals surface area contributed by atoms with E-state index in [1.807, 2.05) is 10.3 Å². The number of furan rings is 1. The molecule has 25 heavy (non-hydrogen) atoms. The molecular weight excluding hydrogens is 338 g/mol. The summed E-state index contributed by atoms with van der Waals surface area (Å²) in [6.07, 6.45) is 5.54. The molecule has 0 unspecified atom stereocenters. The van der Waals surface area contributed by atoms with Gasteiger partial charge < -0.3 is 14.6 Å². The van der Waals surface area contributed by atoms with Gasteiger partial charge in [0, 0.05) is 30.3 Å². The van der Waals surface area contributed by atoms with Gasteiger partial charge in [0.2, 0.25) is 5.91 Å². The van der Waals surface area contributed by atoms with Gasteiger partial charge in [0.05, 0.1) is 23.5 Å². The Morgan fingerprint density at radius 3 is 3.00 bits per heavy atom. The molecule has 1 saturated carbocycles. The highest BCUT2D eigenvalue weighted by molar-refractivity contribution is 7.09. The van der Waals surface area contributed by atoms with E-state index in [2.05, 4.69) is 10.3 Å². The molecular formula is C18H21N3O3S. The monoisotopic (exact) mass is 359 g/mol. The van der Waals surface area contributed by atoms with Crippen LogP contribution in [0.25, 0.3) is 0 Å². The Morgan fingerprint density at radius 2 is 2.24 bits per heavy atom. The first kappa shape index (κ1) is 16.3. The SMILES string of the molecule is O=C(NCc1csc([C@H]2CCCN(C(=O)c3ccco3)C2)n1)C1CC1. The molecule has 1 saturated heterocycles. The Morgan fingerprint density at radius 1 is 1.36 bits per heavy atom. The Balaban J connectivity index is 1.36. The average molecular weight is 359 g/mol. The zero-order chi connectivity index (χ0) is 17.2. The molecule has 2 aromatic heterocycles. The van der Waals surface area contributed by atoms with E-state index in [1.54, 1.807) is 23.5 Å². The van der Waals surface area contributed by atoms with E-state index < -0.39 is 0 Å². The van der Waals surface area contributed by atoms with E-state index in [9.17, 15) is 9.59 Å². The molecule has 1 aliphatic carbocycles. The van der Waals surface area contributed by atoms with Gasteiger partial charge in [0.25, 0.3) is 5.91 Å². The van der Waals surface area contributed by atoms with E-state index in [0.29, 0.717) is 18.8 Å². The van der Waals surface area contributed by atoms with Crippen LogP contribution in [0.4, 0.5) is 0 Å². The summed E-state index contributed by atoms with van der Waals surface area (Å²) in [6.45, 7) is 1.92. The number of hydrogen-bond donors (Lipinski definition) is 1. The smallest absolute Gasteiger partial charge is 0.289 e. The summed E-state index contributed by atoms with van der Waals surface area (Å²) in [5.41, 5.74) is 0.906. The van der Waals surface area contributed by atoms with Crippen molar-refractivity contribution in [1.29, 1.82) is 0 Å². The van der Waals surface area contributed by atoms with E-state index in [0.717, 1.165) is 42.9 Å². The lowest BCUT2D eigenvalue weighted by molar-refractivity contribution is -0.122. The fourth-order valence-electron chi connectivity index (χ4n) is 3.18. The zero-order valence-corrected chi connectivity index (χ0v) is 14.8. The molecule has 132 valence electrons. The summed E-state index contributed by atoms with van der Waals surface area (Å²) in [7, 11) is 0. The number of hydrogen-bond acceptors (Lipinski definition) is 5. The van der Waals surface area contributed by atoms with Crippen molar-refractivity contribution in [1.82, 2.24) is 15.2 Å². The first-order valence-electron chi connectivity index (χ1n) is 8.75. The number of piperidine rings is 1. The Labute approximate surface area is 150 Å². The van der Waals surface area contributed by atoms with Gasteiger partial charge in [-0.05, 0) is 37.8 Å². The number of thiazole rings is 1. The lowest BCUT2D eigenvalue weighted by Gasteiger charge is -2.31. The van der Waals surface area contributed by atoms with Crippen molar-refractivity contribution >= 4 is 23.2 Å². The maximum atomic E-state index is 12.5. The molecule has 0 bridgehead atoms. The van der Waals surface area contributed by atoms with Crippen LogP contribution in [0.5, 0.6) is 0 Å². The number of rotatable bonds is 5. The number of nitrogens with zero attached hydrogens (tertiary/aromatic N) is 2. The highest BCUT2D eigenvalue weighted by Crippen LogP contribution is 2.31. The number of nitrogens with one attached hydrogen (secondary N) is 1. The second-order valence-electron chi connectivity index (χ2n) is 6.74. The first-order chi connectivity index (χ1) is 12.2. The number of carbonyl (C=O) groups is 2. The van der Waals surface area contributed by atoms with Gasteiger partial charge in [-0.25, -0.2) is 4.98 Å². The summed E-state index contributed by atoms with van der Waals surface area (Å²) >= 11 is 1.62. The molecule has 1 aliphatic heterocycles. The lowest BCUT2D eigenvalue weighted by Crippen LogP contribution is -2.39. The van der Waals surface area contributed by atoms with E-state index in [4.69, 9.17) is 4.42 Å². The summed E-state index contributed by atoms with van der Waals surface area (Å²) in [6, 6.07) is 3.44. The number of aromatic nitrogens is 1. The minimum absolute atomic E-state index is 0.0526. The lowest BCUT2D eigenvalue weighted by atomic mass is 9.98. The third-order valence-electron chi connectivity index (χ3n) is 4.75. The molecule has 0 aromatic carbocycles. The maximum Gasteiger partial charge on any atom is 0.289 e. The van der Waals surface area contributed by atoms with Crippen LogP contribution in [-0.2, 0) is 11.3 Å². The summed E-state index contributed by atoms with van der Waals surface area (Å²) < 4.78 is 5.23. The summed E-state index contributed by atoms with van der Waals surface area (Å²) in [5, 5.41) is 6.01. The molecule has 1 atom stereocenters. The third-order valence-corrected chi connectivity index (χ3v) is 5.81. The van der Waals surface area contributed by atoms with Crippen molar-refractivity contribution in [3.05, 3.63) is 40.2 Å². The largest absolute Gasteiger partial charge is 0.459 e. The second kappa shape index (κ2) is 7.00. The molecule has 1 N–H and O–H groups in total. The van der Waals surface area contributed by atoms with Gasteiger partial charge in [-0.2, -0.15) is 0 Å². The highest BCUT2D eigenvalue weighted by atomic mass is 32.1. The minimum Gasteiger partial charge on any atom is -0.459 e. The van der Waals surface area contributed by atoms with Crippen LogP contribution in [-0.4, -0.2) is 34.8 Å². The van der Waals surface area contributed by atoms with Crippen molar-refractivity contribution in [2.75, 3.05) is 13.1 Å². The Hall–Kier alpha value is -2.15. The Kier molecular flexibility index (Phi) is 4.57. The molecule has 2 aliphatic rings. The van der Waals surface area contributed by atoms with Crippen LogP contribution in [0, 0.1) is 5.92 Å². The average Bonchev–Trinajstić information content (AvgIpc) is 3.15. The molecule has 0 spiro atoms. The molecule has 7 heteroatoms. The standard InChI is InChI=1S/C18H21N3O3S/c22-16(12-5-6-12)19-9-14-11-25-17(20-14)13-3-1-7-21(10-13)18(23)15-4-2-8-24-15/h2,4,8,11-13H,1,3,5-7,9-10H2,(H,19,22)/t13-/m0/s1. The van der Waals surface area contributed by atoms with Gasteiger partial charge in [-0.3, -0.25) is 9.59 Å². The second-order valence-corrected chi connectivity index (χ2v) is 7.63. The quantitative estimate of drug-likeness (QED) is 0.891. The van der Waals surface area contributed by atoms with E-state index in [-0.39, 0.29) is 23.7 Å². The molecule has 2 aromatic rings. The van der Waals surface area contributed by atoms with Crippen LogP contribution in [0.15, 0.2) is 28.2 Å². The number of amides is 2. The van der Waals surface area contributed by atoms with Gasteiger partial charge in [0.15, 0.2) is 5.76 Å². The fourth-order valence-corrected chi connectivity index (χ4v) is 4.13. The van der Waals surface area contributed by atoms with Gasteiger partial charge >= 0.3 is 0 Å². The summed E-state index contributed by atoms with van der Waals surface area (Å²) in [4.78, 5) is 30.7. The van der Waals surface area contributed by atoms with Crippen molar-refractivity contribution in [2.24, 2.45) is 5.92 Å². The fraction of sp³-hybridized carbons (Fsp3) is 0.500. The topological polar surface area (TPSA) is 75.4 Å². The molecule has 3 heterocycles. The van der Waals surface area contributed by atoms with Crippen LogP contribution in [0.3, 0.4) is 0 Å². The van der Waals surface area contributed by atoms with Crippen LogP contribution in [0.1, 0.15) is 52.9 Å². The Bertz CT molecular complexity index is 751. The summed E-state index contributed by atoms with van der Waals surface area (Å²) in [5.74, 6) is 0.956. The van der Waals surface area contributed by atoms with Crippen molar-refractivity contribution in [3.63, 3.8) is 0 Å². The normalized spacial score (nSPS) is 20.5. The predicted molar refractivity (Wildman–Crippen MR) is 93.3 cm³/mol. The van der Waals surface area contributed by atoms with Crippen molar-refractivity contribution < 1.29 is 14.0 Å². The van der Waals surface area contributed by atoms with E-state index >= 15 is 0 Å². The first-order valence-corrected chi connectivity index (χ1v) is 9.63. The van der Waals surface area contributed by atoms with Crippen LogP contribution in [0.2, 0.25) is 0 Å². The number of likely N-dealkylation sites (tertiary alicyclic amines) is 1. The maximum absolute atomic E-state index is 12.5. The van der Waals surface area contributed by atoms with Crippen molar-refractivity contribution in [3.8, 4) is 0 Å². The van der Waals surface area contributed by atoms with Gasteiger partial charge in [-0.15, -0.1) is 11.3 Å². The van der Waals surface area contributed by atoms with Gasteiger partial charge in [-0.1, -0.05) is 0 Å². The molecule has 6 nitrogen and oxygen atoms in total. The molecule has 2 amide bonds. The molecule has 4 rings (SSSR count). The highest BCUT2D eigenvalue weighted by Gasteiger charge is 2.30. The minimum atomic E-state index is -0.0526. The van der Waals surface area contributed by atoms with Crippen molar-refractivity contribution in [2.45, 2.75) is 38.1 Å². The zero-order valence-electron chi connectivity index (χ0n) is 13.9. The third kappa shape index (κ3) is 3.76. The number of carbonyl (C=O) groups excluding carboxylic acids is 2. The van der Waals surface area contributed by atoms with Crippen LogP contribution < -0.4 is 5.32 Å². The molecule has 0 radical (unpaired) electrons. The predicted octanol–water partition coefficient (Wildman–Crippen LogP) is 2.78. The van der Waals surface area contributed by atoms with Crippen LogP contribution >= 0.6 is 11.3 Å². The van der Waals surface area contributed by atoms with Gasteiger partial charge in [0.1, 0.15) is 0 Å². The molecule has 2 fully saturated rings.